The monoisotopic (exact) mass is 281 g/mol. The van der Waals surface area contributed by atoms with Crippen LogP contribution < -0.4 is 0 Å². The third-order valence-corrected chi connectivity index (χ3v) is 3.70. The first-order chi connectivity index (χ1) is 9.49. The lowest BCUT2D eigenvalue weighted by Gasteiger charge is -2.27. The molecule has 0 saturated carbocycles. The average Bonchev–Trinajstić information content (AvgIpc) is 2.78. The van der Waals surface area contributed by atoms with E-state index in [1.807, 2.05) is 14.1 Å². The lowest BCUT2D eigenvalue weighted by atomic mass is 10.1. The number of hydrogen-bond acceptors (Lipinski definition) is 4. The predicted molar refractivity (Wildman–Crippen MR) is 75.0 cm³/mol. The molecule has 0 aliphatic carbocycles. The van der Waals surface area contributed by atoms with Crippen LogP contribution in [-0.2, 0) is 6.54 Å². The van der Waals surface area contributed by atoms with Gasteiger partial charge in [0.05, 0.1) is 4.92 Å². The second kappa shape index (κ2) is 6.28. The molecule has 1 heterocycles. The molecule has 0 amide bonds. The molecule has 1 aromatic carbocycles. The molecular weight excluding hydrogens is 261 g/mol. The Morgan fingerprint density at radius 2 is 2.25 bits per heavy atom. The van der Waals surface area contributed by atoms with Crippen LogP contribution in [0.5, 0.6) is 0 Å². The number of likely N-dealkylation sites (tertiary alicyclic amines) is 1. The van der Waals surface area contributed by atoms with Gasteiger partial charge in [-0.3, -0.25) is 15.0 Å². The van der Waals surface area contributed by atoms with E-state index in [4.69, 9.17) is 0 Å². The molecule has 1 aromatic rings. The fourth-order valence-electron chi connectivity index (χ4n) is 2.78. The van der Waals surface area contributed by atoms with Crippen LogP contribution in [0.1, 0.15) is 18.4 Å². The summed E-state index contributed by atoms with van der Waals surface area (Å²) in [6, 6.07) is 4.78. The highest BCUT2D eigenvalue weighted by Gasteiger charge is 2.27. The minimum Gasteiger partial charge on any atom is -0.308 e. The Hall–Kier alpha value is -1.53. The topological polar surface area (TPSA) is 49.6 Å². The van der Waals surface area contributed by atoms with Gasteiger partial charge in [-0.05, 0) is 33.5 Å². The highest BCUT2D eigenvalue weighted by atomic mass is 19.1. The molecule has 0 bridgehead atoms. The number of rotatable bonds is 5. The van der Waals surface area contributed by atoms with E-state index in [9.17, 15) is 14.5 Å². The van der Waals surface area contributed by atoms with Crippen LogP contribution in [0.15, 0.2) is 18.2 Å². The first-order valence-electron chi connectivity index (χ1n) is 6.79. The Kier molecular flexibility index (Phi) is 4.67. The Labute approximate surface area is 118 Å². The summed E-state index contributed by atoms with van der Waals surface area (Å²) >= 11 is 0. The second-order valence-corrected chi connectivity index (χ2v) is 5.54. The summed E-state index contributed by atoms with van der Waals surface area (Å²) in [4.78, 5) is 14.4. The van der Waals surface area contributed by atoms with E-state index >= 15 is 0 Å². The Balaban J connectivity index is 2.13. The van der Waals surface area contributed by atoms with Gasteiger partial charge in [-0.1, -0.05) is 12.1 Å². The number of nitro benzene ring substituents is 1. The van der Waals surface area contributed by atoms with Crippen molar-refractivity contribution >= 4 is 5.69 Å². The van der Waals surface area contributed by atoms with Crippen LogP contribution in [0.4, 0.5) is 10.1 Å². The lowest BCUT2D eigenvalue weighted by Crippen LogP contribution is -2.37. The summed E-state index contributed by atoms with van der Waals surface area (Å²) in [6.07, 6.45) is 2.18. The van der Waals surface area contributed by atoms with Gasteiger partial charge in [-0.2, -0.15) is 4.39 Å². The van der Waals surface area contributed by atoms with Crippen LogP contribution in [-0.4, -0.2) is 47.9 Å². The van der Waals surface area contributed by atoms with Crippen molar-refractivity contribution in [3.05, 3.63) is 39.7 Å². The van der Waals surface area contributed by atoms with Gasteiger partial charge < -0.3 is 4.90 Å². The van der Waals surface area contributed by atoms with Crippen molar-refractivity contribution in [1.82, 2.24) is 9.80 Å². The quantitative estimate of drug-likeness (QED) is 0.613. The first kappa shape index (κ1) is 14.9. The van der Waals surface area contributed by atoms with E-state index in [0.717, 1.165) is 25.9 Å². The van der Waals surface area contributed by atoms with Crippen molar-refractivity contribution in [3.63, 3.8) is 0 Å². The number of benzene rings is 1. The van der Waals surface area contributed by atoms with E-state index in [2.05, 4.69) is 9.80 Å². The van der Waals surface area contributed by atoms with Crippen molar-refractivity contribution < 1.29 is 9.31 Å². The fraction of sp³-hybridized carbons (Fsp3) is 0.571. The maximum atomic E-state index is 14.1. The summed E-state index contributed by atoms with van der Waals surface area (Å²) < 4.78 is 14.1. The largest absolute Gasteiger partial charge is 0.308 e. The molecule has 1 atom stereocenters. The summed E-state index contributed by atoms with van der Waals surface area (Å²) in [5, 5.41) is 10.8. The normalized spacial score (nSPS) is 19.7. The summed E-state index contributed by atoms with van der Waals surface area (Å²) in [7, 11) is 4.04. The molecule has 110 valence electrons. The van der Waals surface area contributed by atoms with Gasteiger partial charge >= 0.3 is 5.69 Å². The molecule has 0 N–H and O–H groups in total. The van der Waals surface area contributed by atoms with E-state index in [1.165, 1.54) is 6.07 Å². The molecule has 0 aromatic heterocycles. The zero-order valence-corrected chi connectivity index (χ0v) is 11.9. The lowest BCUT2D eigenvalue weighted by molar-refractivity contribution is -0.387. The summed E-state index contributed by atoms with van der Waals surface area (Å²) in [5.74, 6) is -0.701. The number of nitrogens with zero attached hydrogens (tertiary/aromatic N) is 3. The molecule has 1 aliphatic heterocycles. The Bertz CT molecular complexity index is 493. The van der Waals surface area contributed by atoms with Gasteiger partial charge in [0.2, 0.25) is 5.82 Å². The summed E-state index contributed by atoms with van der Waals surface area (Å²) in [5.41, 5.74) is -0.0317. The molecule has 6 heteroatoms. The van der Waals surface area contributed by atoms with Crippen LogP contribution >= 0.6 is 0 Å². The third kappa shape index (κ3) is 3.32. The van der Waals surface area contributed by atoms with Crippen molar-refractivity contribution in [1.29, 1.82) is 0 Å². The van der Waals surface area contributed by atoms with Crippen LogP contribution in [0.2, 0.25) is 0 Å². The maximum absolute atomic E-state index is 14.1. The second-order valence-electron chi connectivity index (χ2n) is 5.54. The van der Waals surface area contributed by atoms with E-state index in [-0.39, 0.29) is 0 Å². The van der Waals surface area contributed by atoms with Gasteiger partial charge in [0.15, 0.2) is 0 Å². The Morgan fingerprint density at radius 3 is 2.90 bits per heavy atom. The molecule has 0 spiro atoms. The smallest absolute Gasteiger partial charge is 0.305 e. The standard InChI is InChI=1S/C14H20FN3O2/c1-16(2)10-12-6-4-8-17(12)9-11-5-3-7-13(14(11)15)18(19)20/h3,5,7,12H,4,6,8-10H2,1-2H3. The van der Waals surface area contributed by atoms with E-state index in [0.29, 0.717) is 18.2 Å². The van der Waals surface area contributed by atoms with Crippen molar-refractivity contribution in [2.24, 2.45) is 0 Å². The van der Waals surface area contributed by atoms with Crippen LogP contribution in [0.3, 0.4) is 0 Å². The van der Waals surface area contributed by atoms with E-state index in [1.54, 1.807) is 12.1 Å². The van der Waals surface area contributed by atoms with Crippen LogP contribution in [0.25, 0.3) is 0 Å². The van der Waals surface area contributed by atoms with Gasteiger partial charge in [-0.15, -0.1) is 0 Å². The molecule has 1 unspecified atom stereocenters. The van der Waals surface area contributed by atoms with Gasteiger partial charge in [-0.25, -0.2) is 0 Å². The van der Waals surface area contributed by atoms with Gasteiger partial charge in [0.1, 0.15) is 0 Å². The molecule has 1 saturated heterocycles. The van der Waals surface area contributed by atoms with Crippen LogP contribution in [0, 0.1) is 15.9 Å². The molecular formula is C14H20FN3O2. The average molecular weight is 281 g/mol. The number of nitro groups is 1. The zero-order chi connectivity index (χ0) is 14.7. The minimum atomic E-state index is -0.701. The molecule has 20 heavy (non-hydrogen) atoms. The molecule has 1 aliphatic rings. The predicted octanol–water partition coefficient (Wildman–Crippen LogP) is 2.26. The fourth-order valence-corrected chi connectivity index (χ4v) is 2.78. The molecule has 1 fully saturated rings. The van der Waals surface area contributed by atoms with Crippen molar-refractivity contribution in [2.75, 3.05) is 27.2 Å². The van der Waals surface area contributed by atoms with Crippen molar-refractivity contribution in [2.45, 2.75) is 25.4 Å². The molecule has 5 nitrogen and oxygen atoms in total. The Morgan fingerprint density at radius 1 is 1.50 bits per heavy atom. The number of halogens is 1. The SMILES string of the molecule is CN(C)CC1CCCN1Cc1cccc([N+](=O)[O-])c1F. The highest BCUT2D eigenvalue weighted by molar-refractivity contribution is 5.36. The molecule has 2 rings (SSSR count). The summed E-state index contributed by atoms with van der Waals surface area (Å²) in [6.45, 7) is 2.28. The molecule has 0 radical (unpaired) electrons. The first-order valence-corrected chi connectivity index (χ1v) is 6.79. The van der Waals surface area contributed by atoms with E-state index < -0.39 is 16.4 Å². The minimum absolute atomic E-state index is 0.392. The highest BCUT2D eigenvalue weighted by Crippen LogP contribution is 2.25. The number of likely N-dealkylation sites (N-methyl/N-ethyl adjacent to an activating group) is 1. The van der Waals surface area contributed by atoms with Gasteiger partial charge in [0.25, 0.3) is 0 Å². The third-order valence-electron chi connectivity index (χ3n) is 3.70. The zero-order valence-electron chi connectivity index (χ0n) is 11.9. The number of hydrogen-bond donors (Lipinski definition) is 0. The van der Waals surface area contributed by atoms with Crippen molar-refractivity contribution in [3.8, 4) is 0 Å². The van der Waals surface area contributed by atoms with Gasteiger partial charge in [0, 0.05) is 30.8 Å². The maximum Gasteiger partial charge on any atom is 0.305 e.